The van der Waals surface area contributed by atoms with E-state index in [0.29, 0.717) is 11.6 Å². The van der Waals surface area contributed by atoms with Gasteiger partial charge in [-0.25, -0.2) is 8.78 Å². The molecule has 0 saturated carbocycles. The number of ether oxygens (including phenoxy) is 1. The second-order valence-electron chi connectivity index (χ2n) is 4.14. The Morgan fingerprint density at radius 1 is 1.15 bits per heavy atom. The molecule has 3 nitrogen and oxygen atoms in total. The number of carbonyl (C=O) groups is 1. The van der Waals surface area contributed by atoms with E-state index in [4.69, 9.17) is 4.74 Å². The van der Waals surface area contributed by atoms with Crippen LogP contribution in [0.25, 0.3) is 0 Å². The van der Waals surface area contributed by atoms with Crippen molar-refractivity contribution in [3.63, 3.8) is 0 Å². The monoisotopic (exact) mass is 277 g/mol. The second kappa shape index (κ2) is 6.25. The molecule has 2 aromatic rings. The molecule has 104 valence electrons. The van der Waals surface area contributed by atoms with Gasteiger partial charge in [0, 0.05) is 13.2 Å². The molecule has 1 amide bonds. The highest BCUT2D eigenvalue weighted by Gasteiger charge is 2.20. The number of hydrogen-bond donors (Lipinski definition) is 1. The molecule has 0 fully saturated rings. The Morgan fingerprint density at radius 3 is 2.45 bits per heavy atom. The van der Waals surface area contributed by atoms with Crippen LogP contribution in [0.2, 0.25) is 0 Å². The van der Waals surface area contributed by atoms with Crippen LogP contribution in [0.4, 0.5) is 14.5 Å². The number of methoxy groups -OCH3 is 1. The Kier molecular flexibility index (Phi) is 4.42. The molecule has 0 aliphatic heterocycles. The van der Waals surface area contributed by atoms with Gasteiger partial charge in [0.05, 0.1) is 5.69 Å². The lowest BCUT2D eigenvalue weighted by Gasteiger charge is -2.15. The number of nitrogens with one attached hydrogen (secondary N) is 1. The lowest BCUT2D eigenvalue weighted by Crippen LogP contribution is -2.23. The summed E-state index contributed by atoms with van der Waals surface area (Å²) >= 11 is 0. The molecule has 20 heavy (non-hydrogen) atoms. The number of anilines is 1. The van der Waals surface area contributed by atoms with E-state index in [1.807, 2.05) is 6.07 Å². The molecule has 1 N–H and O–H groups in total. The van der Waals surface area contributed by atoms with Crippen molar-refractivity contribution in [3.8, 4) is 0 Å². The second-order valence-corrected chi connectivity index (χ2v) is 4.14. The fourth-order valence-corrected chi connectivity index (χ4v) is 1.81. The summed E-state index contributed by atoms with van der Waals surface area (Å²) in [4.78, 5) is 12.1. The number of benzene rings is 2. The normalized spacial score (nSPS) is 11.9. The zero-order valence-corrected chi connectivity index (χ0v) is 10.8. The highest BCUT2D eigenvalue weighted by Crippen LogP contribution is 2.21. The smallest absolute Gasteiger partial charge is 0.258 e. The maximum Gasteiger partial charge on any atom is 0.258 e. The fourth-order valence-electron chi connectivity index (χ4n) is 1.81. The lowest BCUT2D eigenvalue weighted by molar-refractivity contribution is -0.126. The Labute approximate surface area is 115 Å². The zero-order valence-electron chi connectivity index (χ0n) is 10.8. The molecular weight excluding hydrogens is 264 g/mol. The first kappa shape index (κ1) is 14.1. The number of halogens is 2. The van der Waals surface area contributed by atoms with Gasteiger partial charge in [-0.2, -0.15) is 0 Å². The van der Waals surface area contributed by atoms with Crippen LogP contribution in [0.5, 0.6) is 0 Å². The van der Waals surface area contributed by atoms with Crippen molar-refractivity contribution in [2.45, 2.75) is 6.10 Å². The highest BCUT2D eigenvalue weighted by molar-refractivity contribution is 5.94. The maximum absolute atomic E-state index is 13.5. The van der Waals surface area contributed by atoms with Crippen LogP contribution >= 0.6 is 0 Å². The highest BCUT2D eigenvalue weighted by atomic mass is 19.1. The van der Waals surface area contributed by atoms with E-state index in [1.54, 1.807) is 24.3 Å². The van der Waals surface area contributed by atoms with Crippen molar-refractivity contribution in [2.24, 2.45) is 0 Å². The summed E-state index contributed by atoms with van der Waals surface area (Å²) in [7, 11) is 1.39. The largest absolute Gasteiger partial charge is 0.367 e. The van der Waals surface area contributed by atoms with E-state index in [0.717, 1.165) is 6.07 Å². The molecule has 2 rings (SSSR count). The summed E-state index contributed by atoms with van der Waals surface area (Å²) < 4.78 is 31.4. The van der Waals surface area contributed by atoms with Gasteiger partial charge in [0.1, 0.15) is 11.6 Å². The first-order valence-electron chi connectivity index (χ1n) is 5.95. The summed E-state index contributed by atoms with van der Waals surface area (Å²) in [5, 5.41) is 2.38. The van der Waals surface area contributed by atoms with Crippen LogP contribution < -0.4 is 5.32 Å². The van der Waals surface area contributed by atoms with Crippen molar-refractivity contribution in [2.75, 3.05) is 12.4 Å². The van der Waals surface area contributed by atoms with Crippen molar-refractivity contribution >= 4 is 11.6 Å². The third kappa shape index (κ3) is 3.19. The van der Waals surface area contributed by atoms with E-state index in [2.05, 4.69) is 5.32 Å². The Hall–Kier alpha value is -2.27. The van der Waals surface area contributed by atoms with E-state index in [-0.39, 0.29) is 5.69 Å². The molecule has 0 spiro atoms. The number of carbonyl (C=O) groups excluding carboxylic acids is 1. The molecule has 0 heterocycles. The lowest BCUT2D eigenvalue weighted by atomic mass is 10.1. The number of rotatable bonds is 4. The van der Waals surface area contributed by atoms with Crippen LogP contribution in [-0.2, 0) is 9.53 Å². The molecule has 2 aromatic carbocycles. The summed E-state index contributed by atoms with van der Waals surface area (Å²) in [6.45, 7) is 0. The maximum atomic E-state index is 13.5. The molecule has 5 heteroatoms. The average molecular weight is 277 g/mol. The van der Waals surface area contributed by atoms with Gasteiger partial charge in [0.25, 0.3) is 5.91 Å². The first-order valence-corrected chi connectivity index (χ1v) is 5.95. The predicted molar refractivity (Wildman–Crippen MR) is 71.2 cm³/mol. The summed E-state index contributed by atoms with van der Waals surface area (Å²) in [5.74, 6) is -2.06. The molecule has 0 bridgehead atoms. The minimum atomic E-state index is -0.861. The van der Waals surface area contributed by atoms with Crippen LogP contribution in [0.3, 0.4) is 0 Å². The Balaban J connectivity index is 2.18. The molecule has 0 saturated heterocycles. The third-order valence-electron chi connectivity index (χ3n) is 2.77. The van der Waals surface area contributed by atoms with E-state index < -0.39 is 23.6 Å². The summed E-state index contributed by atoms with van der Waals surface area (Å²) in [5.41, 5.74) is 0.560. The van der Waals surface area contributed by atoms with Crippen molar-refractivity contribution in [1.29, 1.82) is 0 Å². The molecule has 0 aromatic heterocycles. The molecule has 0 unspecified atom stereocenters. The quantitative estimate of drug-likeness (QED) is 0.931. The van der Waals surface area contributed by atoms with Gasteiger partial charge in [0.2, 0.25) is 0 Å². The Bertz CT molecular complexity index is 602. The van der Waals surface area contributed by atoms with Gasteiger partial charge in [-0.3, -0.25) is 4.79 Å². The first-order chi connectivity index (χ1) is 9.61. The van der Waals surface area contributed by atoms with Gasteiger partial charge >= 0.3 is 0 Å². The van der Waals surface area contributed by atoms with Crippen LogP contribution in [0.1, 0.15) is 11.7 Å². The van der Waals surface area contributed by atoms with Gasteiger partial charge in [-0.15, -0.1) is 0 Å². The van der Waals surface area contributed by atoms with Crippen molar-refractivity contribution < 1.29 is 18.3 Å². The Morgan fingerprint density at radius 2 is 1.85 bits per heavy atom. The standard InChI is InChI=1S/C15H13F2NO2/c1-20-14(10-5-3-2-4-6-10)15(19)18-13-8-7-11(16)9-12(13)17/h2-9,14H,1H3,(H,18,19)/t14-/m0/s1. The molecular formula is C15H13F2NO2. The molecule has 0 radical (unpaired) electrons. The van der Waals surface area contributed by atoms with Crippen molar-refractivity contribution in [1.82, 2.24) is 0 Å². The number of amides is 1. The third-order valence-corrected chi connectivity index (χ3v) is 2.77. The molecule has 1 atom stereocenters. The van der Waals surface area contributed by atoms with E-state index >= 15 is 0 Å². The van der Waals surface area contributed by atoms with Crippen molar-refractivity contribution in [3.05, 3.63) is 65.7 Å². The predicted octanol–water partition coefficient (Wildman–Crippen LogP) is 3.29. The summed E-state index contributed by atoms with van der Waals surface area (Å²) in [6.07, 6.45) is -0.861. The van der Waals surface area contributed by atoms with Crippen LogP contribution in [0, 0.1) is 11.6 Å². The van der Waals surface area contributed by atoms with Crippen LogP contribution in [0.15, 0.2) is 48.5 Å². The van der Waals surface area contributed by atoms with E-state index in [9.17, 15) is 13.6 Å². The van der Waals surface area contributed by atoms with Gasteiger partial charge < -0.3 is 10.1 Å². The minimum Gasteiger partial charge on any atom is -0.367 e. The zero-order chi connectivity index (χ0) is 14.5. The molecule has 0 aliphatic carbocycles. The van der Waals surface area contributed by atoms with Gasteiger partial charge in [-0.1, -0.05) is 30.3 Å². The van der Waals surface area contributed by atoms with Crippen LogP contribution in [-0.4, -0.2) is 13.0 Å². The minimum absolute atomic E-state index is 0.0885. The summed E-state index contributed by atoms with van der Waals surface area (Å²) in [6, 6.07) is 11.8. The van der Waals surface area contributed by atoms with Gasteiger partial charge in [-0.05, 0) is 17.7 Å². The molecule has 0 aliphatic rings. The number of hydrogen-bond acceptors (Lipinski definition) is 2. The fraction of sp³-hybridized carbons (Fsp3) is 0.133. The average Bonchev–Trinajstić information content (AvgIpc) is 2.44. The topological polar surface area (TPSA) is 38.3 Å². The van der Waals surface area contributed by atoms with Gasteiger partial charge in [0.15, 0.2) is 6.10 Å². The SMILES string of the molecule is CO[C@H](C(=O)Nc1ccc(F)cc1F)c1ccccc1. The van der Waals surface area contributed by atoms with E-state index in [1.165, 1.54) is 13.2 Å².